The Labute approximate surface area is 320 Å². The minimum absolute atomic E-state index is 0.0529. The Morgan fingerprint density at radius 3 is 1.43 bits per heavy atom. The predicted molar refractivity (Wildman–Crippen MR) is 212 cm³/mol. The van der Waals surface area contributed by atoms with Crippen LogP contribution in [0.1, 0.15) is 44.4 Å². The molecule has 0 bridgehead atoms. The first-order valence-corrected chi connectivity index (χ1v) is 20.6. The maximum absolute atomic E-state index is 14.6. The minimum Gasteiger partial charge on any atom is -0.404 e. The van der Waals surface area contributed by atoms with Crippen molar-refractivity contribution in [2.75, 3.05) is 6.61 Å². The molecule has 2 aliphatic rings. The number of rotatable bonds is 14. The summed E-state index contributed by atoms with van der Waals surface area (Å²) in [5, 5.41) is 13.6. The molecule has 1 aliphatic carbocycles. The summed E-state index contributed by atoms with van der Waals surface area (Å²) in [6, 6.07) is 50.3. The van der Waals surface area contributed by atoms with Crippen LogP contribution >= 0.6 is 0 Å². The lowest BCUT2D eigenvalue weighted by atomic mass is 9.87. The molecule has 6 atom stereocenters. The van der Waals surface area contributed by atoms with Gasteiger partial charge in [-0.2, -0.15) is 0 Å². The van der Waals surface area contributed by atoms with Gasteiger partial charge in [0.25, 0.3) is 8.32 Å². The number of hydrogen-bond acceptors (Lipinski definition) is 7. The Bertz CT molecular complexity index is 1910. The summed E-state index contributed by atoms with van der Waals surface area (Å²) in [6.45, 7) is 8.69. The highest BCUT2D eigenvalue weighted by atomic mass is 28.4. The van der Waals surface area contributed by atoms with E-state index in [2.05, 4.69) is 45.0 Å². The number of aliphatic hydroxyl groups is 1. The lowest BCUT2D eigenvalue weighted by Gasteiger charge is -2.46. The highest BCUT2D eigenvalue weighted by Crippen LogP contribution is 2.54. The Balaban J connectivity index is 1.36. The van der Waals surface area contributed by atoms with Crippen LogP contribution in [0.3, 0.4) is 0 Å². The molecule has 7 rings (SSSR count). The largest absolute Gasteiger partial charge is 0.404 e. The number of ketones is 1. The van der Waals surface area contributed by atoms with Crippen molar-refractivity contribution in [3.05, 3.63) is 168 Å². The second-order valence-electron chi connectivity index (χ2n) is 15.6. The summed E-state index contributed by atoms with van der Waals surface area (Å²) in [7, 11) is -3.16. The highest BCUT2D eigenvalue weighted by molar-refractivity contribution is 6.99. The lowest BCUT2D eigenvalue weighted by Crippen LogP contribution is -2.68. The molecule has 0 unspecified atom stereocenters. The van der Waals surface area contributed by atoms with Crippen molar-refractivity contribution in [3.8, 4) is 0 Å². The monoisotopic (exact) mass is 742 g/mol. The molecular formula is C46H50O7Si. The molecule has 1 heterocycles. The van der Waals surface area contributed by atoms with Gasteiger partial charge in [-0.15, -0.1) is 0 Å². The predicted octanol–water partition coefficient (Wildman–Crippen LogP) is 7.00. The van der Waals surface area contributed by atoms with Crippen LogP contribution in [0, 0.1) is 5.92 Å². The van der Waals surface area contributed by atoms with Gasteiger partial charge in [0.05, 0.1) is 38.4 Å². The van der Waals surface area contributed by atoms with E-state index in [1.54, 1.807) is 0 Å². The van der Waals surface area contributed by atoms with Crippen LogP contribution < -0.4 is 10.4 Å². The van der Waals surface area contributed by atoms with Crippen molar-refractivity contribution in [2.24, 2.45) is 5.92 Å². The van der Waals surface area contributed by atoms with Crippen molar-refractivity contribution in [1.82, 2.24) is 0 Å². The maximum Gasteiger partial charge on any atom is 0.261 e. The number of carbonyl (C=O) groups is 1. The second-order valence-corrected chi connectivity index (χ2v) is 19.9. The Morgan fingerprint density at radius 2 is 1.00 bits per heavy atom. The number of ether oxygens (including phenoxy) is 4. The molecule has 54 heavy (non-hydrogen) atoms. The topological polar surface area (TPSA) is 83.5 Å². The van der Waals surface area contributed by atoms with Crippen LogP contribution in [0.15, 0.2) is 152 Å². The van der Waals surface area contributed by atoms with Crippen molar-refractivity contribution < 1.29 is 33.3 Å². The molecule has 0 spiro atoms. The molecule has 1 saturated carbocycles. The standard InChI is InChI=1S/C46H50O7Si/c1-44(2,3)54(37-26-16-8-17-27-37,38-28-18-9-19-29-38)52-33-46-39(42(47)45(4,48)53-46)40(49-30-34-20-10-5-11-21-34)41(50-31-35-22-12-6-13-23-35)43(46)51-32-36-24-14-7-15-25-36/h5-29,39-41,43,48H,30-33H2,1-4H3/t39-,40+,41-,43+,45+,46+/m1/s1. The van der Waals surface area contributed by atoms with E-state index in [-0.39, 0.29) is 31.5 Å². The van der Waals surface area contributed by atoms with Gasteiger partial charge in [-0.05, 0) is 39.0 Å². The second kappa shape index (κ2) is 15.8. The van der Waals surface area contributed by atoms with Gasteiger partial charge >= 0.3 is 0 Å². The fourth-order valence-electron chi connectivity index (χ4n) is 8.38. The summed E-state index contributed by atoms with van der Waals surface area (Å²) in [5.74, 6) is -3.58. The molecule has 280 valence electrons. The van der Waals surface area contributed by atoms with Crippen molar-refractivity contribution in [3.63, 3.8) is 0 Å². The highest BCUT2D eigenvalue weighted by Gasteiger charge is 2.74. The molecule has 0 radical (unpaired) electrons. The van der Waals surface area contributed by atoms with Gasteiger partial charge < -0.3 is 28.5 Å². The van der Waals surface area contributed by atoms with Gasteiger partial charge in [0, 0.05) is 0 Å². The van der Waals surface area contributed by atoms with E-state index in [4.69, 9.17) is 23.4 Å². The van der Waals surface area contributed by atoms with E-state index in [0.29, 0.717) is 0 Å². The number of benzene rings is 5. The molecule has 1 aliphatic heterocycles. The zero-order chi connectivity index (χ0) is 37.8. The van der Waals surface area contributed by atoms with Gasteiger partial charge in [-0.3, -0.25) is 4.79 Å². The number of fused-ring (bicyclic) bond motifs is 1. The fraction of sp³-hybridized carbons (Fsp3) is 0.326. The van der Waals surface area contributed by atoms with Crippen molar-refractivity contribution in [1.29, 1.82) is 0 Å². The molecule has 1 N–H and O–H groups in total. The van der Waals surface area contributed by atoms with Gasteiger partial charge in [0.1, 0.15) is 17.8 Å². The summed E-state index contributed by atoms with van der Waals surface area (Å²) in [4.78, 5) is 14.6. The molecule has 0 aromatic heterocycles. The lowest BCUT2D eigenvalue weighted by molar-refractivity contribution is -0.255. The van der Waals surface area contributed by atoms with E-state index in [1.807, 2.05) is 127 Å². The third-order valence-corrected chi connectivity index (χ3v) is 15.8. The quantitative estimate of drug-likeness (QED) is 0.123. The van der Waals surface area contributed by atoms with E-state index >= 15 is 0 Å². The SMILES string of the molecule is CC(C)(C)[Si](OC[C@]12O[C@](C)(O)C(=O)[C@H]1[C@H](OCc1ccccc1)[C@@H](OCc1ccccc1)[C@@H]2OCc1ccccc1)(c1ccccc1)c1ccccc1. The summed E-state index contributed by atoms with van der Waals surface area (Å²) >= 11 is 0. The van der Waals surface area contributed by atoms with Crippen LogP contribution in [0.25, 0.3) is 0 Å². The van der Waals surface area contributed by atoms with Gasteiger partial charge in [-0.25, -0.2) is 0 Å². The van der Waals surface area contributed by atoms with Crippen LogP contribution in [-0.4, -0.2) is 55.5 Å². The van der Waals surface area contributed by atoms with Crippen molar-refractivity contribution >= 4 is 24.5 Å². The first kappa shape index (κ1) is 38.0. The van der Waals surface area contributed by atoms with Crippen LogP contribution in [0.2, 0.25) is 5.04 Å². The van der Waals surface area contributed by atoms with E-state index < -0.39 is 49.7 Å². The molecule has 1 saturated heterocycles. The smallest absolute Gasteiger partial charge is 0.261 e. The third-order valence-electron chi connectivity index (χ3n) is 10.9. The zero-order valence-electron chi connectivity index (χ0n) is 31.5. The third kappa shape index (κ3) is 7.40. The summed E-state index contributed by atoms with van der Waals surface area (Å²) in [6.07, 6.45) is -2.47. The van der Waals surface area contributed by atoms with Crippen LogP contribution in [-0.2, 0) is 48.0 Å². The van der Waals surface area contributed by atoms with E-state index in [9.17, 15) is 9.90 Å². The van der Waals surface area contributed by atoms with Gasteiger partial charge in [0.2, 0.25) is 5.79 Å². The Hall–Kier alpha value is -4.25. The number of hydrogen-bond donors (Lipinski definition) is 1. The van der Waals surface area contributed by atoms with Crippen LogP contribution in [0.4, 0.5) is 0 Å². The van der Waals surface area contributed by atoms with Crippen molar-refractivity contribution in [2.45, 2.75) is 82.3 Å². The summed E-state index contributed by atoms with van der Waals surface area (Å²) < 4.78 is 34.8. The zero-order valence-corrected chi connectivity index (χ0v) is 32.5. The fourth-order valence-corrected chi connectivity index (χ4v) is 13.0. The first-order valence-electron chi connectivity index (χ1n) is 18.7. The molecule has 0 amide bonds. The normalized spacial score (nSPS) is 25.5. The first-order chi connectivity index (χ1) is 26.1. The minimum atomic E-state index is -3.16. The van der Waals surface area contributed by atoms with E-state index in [1.165, 1.54) is 6.92 Å². The average molecular weight is 743 g/mol. The van der Waals surface area contributed by atoms with E-state index in [0.717, 1.165) is 27.1 Å². The van der Waals surface area contributed by atoms with Gasteiger partial charge in [0.15, 0.2) is 5.78 Å². The molecule has 5 aromatic rings. The Kier molecular flexibility index (Phi) is 11.2. The maximum atomic E-state index is 14.6. The number of carbonyl (C=O) groups excluding carboxylic acids is 1. The molecule has 2 fully saturated rings. The molecule has 8 heteroatoms. The summed E-state index contributed by atoms with van der Waals surface area (Å²) in [5.41, 5.74) is 1.38. The molecule has 7 nitrogen and oxygen atoms in total. The van der Waals surface area contributed by atoms with Gasteiger partial charge in [-0.1, -0.05) is 172 Å². The average Bonchev–Trinajstić information content (AvgIpc) is 3.55. The van der Waals surface area contributed by atoms with Crippen LogP contribution in [0.5, 0.6) is 0 Å². The molecular weight excluding hydrogens is 693 g/mol. The molecule has 5 aromatic carbocycles. The Morgan fingerprint density at radius 1 is 0.611 bits per heavy atom. The number of Topliss-reactive ketones (excluding diaryl/α,β-unsaturated/α-hetero) is 1.